The fourth-order valence-electron chi connectivity index (χ4n) is 1.75. The molecule has 0 atom stereocenters. The van der Waals surface area contributed by atoms with Gasteiger partial charge >= 0.3 is 0 Å². The maximum atomic E-state index is 12.8. The van der Waals surface area contributed by atoms with Gasteiger partial charge in [-0.1, -0.05) is 13.8 Å². The van der Waals surface area contributed by atoms with Crippen molar-refractivity contribution in [3.8, 4) is 11.3 Å². The molecular weight excluding hydrogens is 229 g/mol. The highest BCUT2D eigenvalue weighted by atomic mass is 19.1. The van der Waals surface area contributed by atoms with Gasteiger partial charge in [0.1, 0.15) is 11.6 Å². The van der Waals surface area contributed by atoms with Crippen molar-refractivity contribution in [3.63, 3.8) is 0 Å². The van der Waals surface area contributed by atoms with Gasteiger partial charge in [-0.3, -0.25) is 0 Å². The van der Waals surface area contributed by atoms with Crippen LogP contribution >= 0.6 is 0 Å². The van der Waals surface area contributed by atoms with Crippen molar-refractivity contribution in [3.05, 3.63) is 42.1 Å². The number of nitrogens with two attached hydrogens (primary N) is 1. The lowest BCUT2D eigenvalue weighted by Gasteiger charge is -2.20. The number of imidazole rings is 1. The Bertz CT molecular complexity index is 514. The SMILES string of the molecule is CC(C)(CN)Cc1ncc(-c2ccc(F)cc2)[nH]1. The van der Waals surface area contributed by atoms with Gasteiger partial charge in [0, 0.05) is 6.42 Å². The van der Waals surface area contributed by atoms with Gasteiger partial charge in [-0.2, -0.15) is 0 Å². The number of H-pyrrole nitrogens is 1. The van der Waals surface area contributed by atoms with Crippen molar-refractivity contribution < 1.29 is 4.39 Å². The van der Waals surface area contributed by atoms with Crippen LogP contribution in [0.25, 0.3) is 11.3 Å². The molecule has 2 aromatic rings. The van der Waals surface area contributed by atoms with Gasteiger partial charge in [0.05, 0.1) is 11.9 Å². The lowest BCUT2D eigenvalue weighted by atomic mass is 9.89. The first-order valence-corrected chi connectivity index (χ1v) is 6.00. The summed E-state index contributed by atoms with van der Waals surface area (Å²) in [5.74, 6) is 0.674. The zero-order valence-corrected chi connectivity index (χ0v) is 10.7. The molecule has 96 valence electrons. The van der Waals surface area contributed by atoms with Gasteiger partial charge in [0.25, 0.3) is 0 Å². The Balaban J connectivity index is 2.18. The molecule has 18 heavy (non-hydrogen) atoms. The van der Waals surface area contributed by atoms with Crippen molar-refractivity contribution in [2.45, 2.75) is 20.3 Å². The Morgan fingerprint density at radius 2 is 1.94 bits per heavy atom. The maximum absolute atomic E-state index is 12.8. The highest BCUT2D eigenvalue weighted by Gasteiger charge is 2.18. The monoisotopic (exact) mass is 247 g/mol. The van der Waals surface area contributed by atoms with Crippen LogP contribution < -0.4 is 5.73 Å². The zero-order chi connectivity index (χ0) is 13.2. The average Bonchev–Trinajstić information content (AvgIpc) is 2.78. The van der Waals surface area contributed by atoms with Crippen molar-refractivity contribution in [2.75, 3.05) is 6.54 Å². The fourth-order valence-corrected chi connectivity index (χ4v) is 1.75. The Kier molecular flexibility index (Phi) is 3.48. The van der Waals surface area contributed by atoms with E-state index in [0.717, 1.165) is 23.5 Å². The molecule has 0 saturated heterocycles. The second kappa shape index (κ2) is 4.90. The number of nitrogens with one attached hydrogen (secondary N) is 1. The molecule has 1 aromatic carbocycles. The van der Waals surface area contributed by atoms with E-state index in [0.29, 0.717) is 6.54 Å². The van der Waals surface area contributed by atoms with Crippen LogP contribution in [0.1, 0.15) is 19.7 Å². The molecule has 2 rings (SSSR count). The summed E-state index contributed by atoms with van der Waals surface area (Å²) in [6.45, 7) is 4.82. The van der Waals surface area contributed by atoms with E-state index in [1.165, 1.54) is 12.1 Å². The Morgan fingerprint density at radius 3 is 2.56 bits per heavy atom. The molecule has 3 nitrogen and oxygen atoms in total. The molecule has 0 spiro atoms. The van der Waals surface area contributed by atoms with Gasteiger partial charge in [-0.15, -0.1) is 0 Å². The smallest absolute Gasteiger partial charge is 0.123 e. The minimum absolute atomic E-state index is 0.0257. The molecule has 0 aliphatic rings. The van der Waals surface area contributed by atoms with E-state index >= 15 is 0 Å². The van der Waals surface area contributed by atoms with E-state index < -0.39 is 0 Å². The molecule has 1 aromatic heterocycles. The van der Waals surface area contributed by atoms with E-state index in [9.17, 15) is 4.39 Å². The van der Waals surface area contributed by atoms with Gasteiger partial charge in [-0.25, -0.2) is 9.37 Å². The average molecular weight is 247 g/mol. The van der Waals surface area contributed by atoms with Crippen LogP contribution in [0.15, 0.2) is 30.5 Å². The lowest BCUT2D eigenvalue weighted by molar-refractivity contribution is 0.369. The number of hydrogen-bond donors (Lipinski definition) is 2. The van der Waals surface area contributed by atoms with Gasteiger partial charge in [0.15, 0.2) is 0 Å². The van der Waals surface area contributed by atoms with Crippen LogP contribution in [-0.2, 0) is 6.42 Å². The minimum atomic E-state index is -0.234. The molecule has 1 heterocycles. The van der Waals surface area contributed by atoms with Crippen LogP contribution in [0, 0.1) is 11.2 Å². The second-order valence-corrected chi connectivity index (χ2v) is 5.30. The lowest BCUT2D eigenvalue weighted by Crippen LogP contribution is -2.26. The first-order valence-electron chi connectivity index (χ1n) is 6.00. The summed E-state index contributed by atoms with van der Waals surface area (Å²) in [6.07, 6.45) is 2.57. The van der Waals surface area contributed by atoms with Gasteiger partial charge in [-0.05, 0) is 41.8 Å². The second-order valence-electron chi connectivity index (χ2n) is 5.30. The molecule has 0 radical (unpaired) electrons. The number of benzene rings is 1. The number of aromatic amines is 1. The fraction of sp³-hybridized carbons (Fsp3) is 0.357. The summed E-state index contributed by atoms with van der Waals surface area (Å²) in [7, 11) is 0. The van der Waals surface area contributed by atoms with Crippen LogP contribution in [0.3, 0.4) is 0 Å². The first kappa shape index (κ1) is 12.8. The number of hydrogen-bond acceptors (Lipinski definition) is 2. The van der Waals surface area contributed by atoms with Crippen LogP contribution in [0.2, 0.25) is 0 Å². The summed E-state index contributed by atoms with van der Waals surface area (Å²) in [6, 6.07) is 6.36. The van der Waals surface area contributed by atoms with Crippen LogP contribution in [0.5, 0.6) is 0 Å². The van der Waals surface area contributed by atoms with Crippen molar-refractivity contribution in [1.82, 2.24) is 9.97 Å². The quantitative estimate of drug-likeness (QED) is 0.872. The highest BCUT2D eigenvalue weighted by Crippen LogP contribution is 2.22. The Hall–Kier alpha value is -1.68. The number of nitrogens with zero attached hydrogens (tertiary/aromatic N) is 1. The number of halogens is 1. The van der Waals surface area contributed by atoms with E-state index in [-0.39, 0.29) is 11.2 Å². The van der Waals surface area contributed by atoms with E-state index in [2.05, 4.69) is 23.8 Å². The highest BCUT2D eigenvalue weighted by molar-refractivity contribution is 5.58. The molecule has 4 heteroatoms. The summed E-state index contributed by atoms with van der Waals surface area (Å²) in [5.41, 5.74) is 7.56. The summed E-state index contributed by atoms with van der Waals surface area (Å²) < 4.78 is 12.8. The normalized spacial score (nSPS) is 11.8. The molecule has 0 amide bonds. The number of aromatic nitrogens is 2. The Labute approximate surface area is 106 Å². The zero-order valence-electron chi connectivity index (χ0n) is 10.7. The molecule has 0 fully saturated rings. The molecule has 3 N–H and O–H groups in total. The summed E-state index contributed by atoms with van der Waals surface area (Å²) in [4.78, 5) is 7.59. The van der Waals surface area contributed by atoms with Crippen molar-refractivity contribution in [2.24, 2.45) is 11.1 Å². The van der Waals surface area contributed by atoms with Crippen LogP contribution in [-0.4, -0.2) is 16.5 Å². The maximum Gasteiger partial charge on any atom is 0.123 e. The topological polar surface area (TPSA) is 54.7 Å². The molecule has 0 saturated carbocycles. The van der Waals surface area contributed by atoms with Crippen molar-refractivity contribution in [1.29, 1.82) is 0 Å². The third kappa shape index (κ3) is 2.96. The molecule has 0 aliphatic carbocycles. The van der Waals surface area contributed by atoms with E-state index in [1.54, 1.807) is 18.3 Å². The molecule has 0 aliphatic heterocycles. The summed E-state index contributed by atoms with van der Waals surface area (Å²) in [5, 5.41) is 0. The van der Waals surface area contributed by atoms with E-state index in [1.807, 2.05) is 0 Å². The minimum Gasteiger partial charge on any atom is -0.342 e. The third-order valence-electron chi connectivity index (χ3n) is 2.98. The molecule has 0 bridgehead atoms. The van der Waals surface area contributed by atoms with Crippen molar-refractivity contribution >= 4 is 0 Å². The molecule has 0 unspecified atom stereocenters. The third-order valence-corrected chi connectivity index (χ3v) is 2.98. The van der Waals surface area contributed by atoms with Crippen LogP contribution in [0.4, 0.5) is 4.39 Å². The number of rotatable bonds is 4. The summed E-state index contributed by atoms with van der Waals surface area (Å²) >= 11 is 0. The predicted molar refractivity (Wildman–Crippen MR) is 70.5 cm³/mol. The first-order chi connectivity index (χ1) is 8.50. The van der Waals surface area contributed by atoms with Gasteiger partial charge < -0.3 is 10.7 Å². The molecular formula is C14H18FN3. The van der Waals surface area contributed by atoms with E-state index in [4.69, 9.17) is 5.73 Å². The van der Waals surface area contributed by atoms with Gasteiger partial charge in [0.2, 0.25) is 0 Å². The predicted octanol–water partition coefficient (Wildman–Crippen LogP) is 2.74. The standard InChI is InChI=1S/C14H18FN3/c1-14(2,9-16)7-13-17-8-12(18-13)10-3-5-11(15)6-4-10/h3-6,8H,7,9,16H2,1-2H3,(H,17,18). The Morgan fingerprint density at radius 1 is 1.28 bits per heavy atom. The largest absolute Gasteiger partial charge is 0.342 e.